The van der Waals surface area contributed by atoms with E-state index in [2.05, 4.69) is 15.2 Å². The number of aromatic nitrogens is 2. The molecule has 0 aliphatic carbocycles. The number of imidazole rings is 1. The van der Waals surface area contributed by atoms with Crippen LogP contribution in [0.25, 0.3) is 5.65 Å². The Kier molecular flexibility index (Phi) is 3.73. The second kappa shape index (κ2) is 5.69. The quantitative estimate of drug-likeness (QED) is 0.737. The summed E-state index contributed by atoms with van der Waals surface area (Å²) in [6, 6.07) is 9.77. The molecule has 0 aliphatic rings. The zero-order chi connectivity index (χ0) is 15.7. The van der Waals surface area contributed by atoms with E-state index in [1.54, 1.807) is 0 Å². The molecule has 1 aromatic carbocycles. The van der Waals surface area contributed by atoms with Crippen LogP contribution >= 0.6 is 0 Å². The smallest absolute Gasteiger partial charge is 0.182 e. The molecule has 0 aliphatic heterocycles. The summed E-state index contributed by atoms with van der Waals surface area (Å²) < 4.78 is 1.88. The van der Waals surface area contributed by atoms with Gasteiger partial charge in [0, 0.05) is 6.20 Å². The third-order valence-corrected chi connectivity index (χ3v) is 3.70. The van der Waals surface area contributed by atoms with Crippen LogP contribution in [0.2, 0.25) is 0 Å². The Morgan fingerprint density at radius 3 is 2.50 bits per heavy atom. The molecular formula is C17H18N4O. The highest BCUT2D eigenvalue weighted by Crippen LogP contribution is 2.27. The minimum absolute atomic E-state index is 0.00165. The van der Waals surface area contributed by atoms with Crippen molar-refractivity contribution >= 4 is 17.2 Å². The summed E-state index contributed by atoms with van der Waals surface area (Å²) in [4.78, 5) is 4.48. The number of pyridine rings is 1. The van der Waals surface area contributed by atoms with E-state index < -0.39 is 0 Å². The topological polar surface area (TPSA) is 62.2 Å². The van der Waals surface area contributed by atoms with Gasteiger partial charge >= 0.3 is 0 Å². The zero-order valence-corrected chi connectivity index (χ0v) is 12.9. The van der Waals surface area contributed by atoms with Gasteiger partial charge in [0.1, 0.15) is 5.65 Å². The molecule has 2 aromatic heterocycles. The molecule has 2 heterocycles. The summed E-state index contributed by atoms with van der Waals surface area (Å²) in [6.07, 6.45) is 1.86. The van der Waals surface area contributed by atoms with Gasteiger partial charge in [-0.05, 0) is 49.6 Å². The van der Waals surface area contributed by atoms with Crippen LogP contribution in [0.15, 0.2) is 46.8 Å². The molecule has 0 spiro atoms. The lowest BCUT2D eigenvalue weighted by Gasteiger charge is -2.03. The van der Waals surface area contributed by atoms with E-state index in [0.29, 0.717) is 5.82 Å². The lowest BCUT2D eigenvalue weighted by atomic mass is 10.1. The molecule has 112 valence electrons. The summed E-state index contributed by atoms with van der Waals surface area (Å²) in [5.74, 6) is 0.710. The molecule has 5 nitrogen and oxygen atoms in total. The number of hydrogen-bond acceptors (Lipinski definition) is 4. The van der Waals surface area contributed by atoms with E-state index in [1.807, 2.05) is 61.7 Å². The van der Waals surface area contributed by atoms with Crippen LogP contribution in [-0.4, -0.2) is 14.5 Å². The molecule has 3 aromatic rings. The Morgan fingerprint density at radius 2 is 1.82 bits per heavy atom. The van der Waals surface area contributed by atoms with Gasteiger partial charge in [0.15, 0.2) is 5.82 Å². The molecule has 0 bridgehead atoms. The normalized spacial score (nSPS) is 11.6. The van der Waals surface area contributed by atoms with E-state index >= 15 is 0 Å². The van der Waals surface area contributed by atoms with Gasteiger partial charge in [-0.25, -0.2) is 4.98 Å². The van der Waals surface area contributed by atoms with Crippen molar-refractivity contribution in [2.45, 2.75) is 27.4 Å². The Morgan fingerprint density at radius 1 is 1.09 bits per heavy atom. The molecule has 3 rings (SSSR count). The fourth-order valence-electron chi connectivity index (χ4n) is 2.47. The van der Waals surface area contributed by atoms with E-state index in [-0.39, 0.29) is 6.61 Å². The number of fused-ring (bicyclic) bond motifs is 1. The predicted octanol–water partition coefficient (Wildman–Crippen LogP) is 4.17. The monoisotopic (exact) mass is 294 g/mol. The highest BCUT2D eigenvalue weighted by Gasteiger charge is 2.09. The number of rotatable bonds is 3. The lowest BCUT2D eigenvalue weighted by Crippen LogP contribution is -1.88. The van der Waals surface area contributed by atoms with Crippen molar-refractivity contribution in [3.05, 3.63) is 58.9 Å². The summed E-state index contributed by atoms with van der Waals surface area (Å²) in [5.41, 5.74) is 5.49. The first-order chi connectivity index (χ1) is 10.6. The first-order valence-corrected chi connectivity index (χ1v) is 7.16. The first-order valence-electron chi connectivity index (χ1n) is 7.16. The molecule has 0 saturated heterocycles. The average Bonchev–Trinajstić information content (AvgIpc) is 2.81. The Hall–Kier alpha value is -2.53. The molecule has 0 radical (unpaired) electrons. The number of hydrogen-bond donors (Lipinski definition) is 1. The second-order valence-corrected chi connectivity index (χ2v) is 5.38. The van der Waals surface area contributed by atoms with Gasteiger partial charge in [-0.3, -0.25) is 4.40 Å². The van der Waals surface area contributed by atoms with E-state index in [4.69, 9.17) is 0 Å². The van der Waals surface area contributed by atoms with Gasteiger partial charge < -0.3 is 5.11 Å². The molecule has 1 N–H and O–H groups in total. The molecule has 0 amide bonds. The summed E-state index contributed by atoms with van der Waals surface area (Å²) in [6.45, 7) is 5.96. The number of nitrogens with zero attached hydrogens (tertiary/aromatic N) is 4. The summed E-state index contributed by atoms with van der Waals surface area (Å²) in [7, 11) is 0. The van der Waals surface area contributed by atoms with Gasteiger partial charge in [-0.1, -0.05) is 18.2 Å². The minimum atomic E-state index is 0.00165. The maximum absolute atomic E-state index is 9.21. The van der Waals surface area contributed by atoms with Gasteiger partial charge in [-0.15, -0.1) is 10.2 Å². The second-order valence-electron chi connectivity index (χ2n) is 5.38. The van der Waals surface area contributed by atoms with Crippen molar-refractivity contribution in [1.29, 1.82) is 0 Å². The van der Waals surface area contributed by atoms with Crippen molar-refractivity contribution in [3.8, 4) is 0 Å². The largest absolute Gasteiger partial charge is 0.392 e. The zero-order valence-electron chi connectivity index (χ0n) is 12.9. The standard InChI is InChI=1S/C17H18N4O/c1-11-5-4-6-12(2)16(11)19-20-17-13(3)18-15-9-14(10-22)7-8-21(15)17/h4-9,22H,10H2,1-3H3. The predicted molar refractivity (Wildman–Crippen MR) is 85.9 cm³/mol. The van der Waals surface area contributed by atoms with Crippen molar-refractivity contribution in [3.63, 3.8) is 0 Å². The fourth-order valence-corrected chi connectivity index (χ4v) is 2.47. The Labute approximate surface area is 129 Å². The number of aliphatic hydroxyl groups is 1. The van der Waals surface area contributed by atoms with Crippen molar-refractivity contribution < 1.29 is 5.11 Å². The van der Waals surface area contributed by atoms with Crippen LogP contribution in [0.4, 0.5) is 11.5 Å². The van der Waals surface area contributed by atoms with Gasteiger partial charge in [0.05, 0.1) is 18.0 Å². The molecule has 0 unspecified atom stereocenters. The minimum Gasteiger partial charge on any atom is -0.392 e. The van der Waals surface area contributed by atoms with Gasteiger partial charge in [0.25, 0.3) is 0 Å². The van der Waals surface area contributed by atoms with Crippen LogP contribution in [-0.2, 0) is 6.61 Å². The molecule has 5 heteroatoms. The molecule has 22 heavy (non-hydrogen) atoms. The van der Waals surface area contributed by atoms with Crippen molar-refractivity contribution in [1.82, 2.24) is 9.38 Å². The highest BCUT2D eigenvalue weighted by atomic mass is 16.3. The molecule has 0 fully saturated rings. The third-order valence-electron chi connectivity index (χ3n) is 3.70. The lowest BCUT2D eigenvalue weighted by molar-refractivity contribution is 0.282. The van der Waals surface area contributed by atoms with Gasteiger partial charge in [0.2, 0.25) is 0 Å². The number of benzene rings is 1. The Bertz CT molecular complexity index is 844. The number of aryl methyl sites for hydroxylation is 3. The summed E-state index contributed by atoms with van der Waals surface area (Å²) in [5, 5.41) is 18.0. The van der Waals surface area contributed by atoms with Gasteiger partial charge in [-0.2, -0.15) is 0 Å². The average molecular weight is 294 g/mol. The maximum atomic E-state index is 9.21. The maximum Gasteiger partial charge on any atom is 0.182 e. The van der Waals surface area contributed by atoms with E-state index in [9.17, 15) is 5.11 Å². The first kappa shape index (κ1) is 14.4. The third kappa shape index (κ3) is 2.51. The van der Waals surface area contributed by atoms with Crippen LogP contribution in [0, 0.1) is 20.8 Å². The Balaban J connectivity index is 2.07. The van der Waals surface area contributed by atoms with E-state index in [1.165, 1.54) is 0 Å². The SMILES string of the molecule is Cc1cccc(C)c1N=Nc1c(C)nc2cc(CO)ccn12. The molecule has 0 saturated carbocycles. The van der Waals surface area contributed by atoms with Crippen LogP contribution in [0.5, 0.6) is 0 Å². The molecular weight excluding hydrogens is 276 g/mol. The van der Waals surface area contributed by atoms with Crippen LogP contribution in [0.1, 0.15) is 22.4 Å². The van der Waals surface area contributed by atoms with Crippen molar-refractivity contribution in [2.24, 2.45) is 10.2 Å². The highest BCUT2D eigenvalue weighted by molar-refractivity contribution is 5.55. The van der Waals surface area contributed by atoms with Crippen molar-refractivity contribution in [2.75, 3.05) is 0 Å². The summed E-state index contributed by atoms with van der Waals surface area (Å²) >= 11 is 0. The van der Waals surface area contributed by atoms with Crippen LogP contribution < -0.4 is 0 Å². The molecule has 0 atom stereocenters. The fraction of sp³-hybridized carbons (Fsp3) is 0.235. The van der Waals surface area contributed by atoms with Crippen LogP contribution in [0.3, 0.4) is 0 Å². The number of azo groups is 1. The van der Waals surface area contributed by atoms with E-state index in [0.717, 1.165) is 33.7 Å². The number of aliphatic hydroxyl groups excluding tert-OH is 1.